The van der Waals surface area contributed by atoms with E-state index in [0.717, 1.165) is 37.4 Å². The summed E-state index contributed by atoms with van der Waals surface area (Å²) in [4.78, 5) is 11.5. The van der Waals surface area contributed by atoms with Crippen LogP contribution in [0.4, 0.5) is 5.95 Å². The summed E-state index contributed by atoms with van der Waals surface area (Å²) in [5.41, 5.74) is 8.92. The van der Waals surface area contributed by atoms with Gasteiger partial charge in [-0.15, -0.1) is 0 Å². The SMILES string of the molecule is CCN(Cc1cccc(-c2ccnc(NCC/C(N)=N/N)n2)c1)C1CCNCC1. The van der Waals surface area contributed by atoms with E-state index in [0.29, 0.717) is 30.8 Å². The van der Waals surface area contributed by atoms with Crippen molar-refractivity contribution >= 4 is 11.8 Å². The molecule has 0 spiro atoms. The molecule has 2 aromatic rings. The maximum absolute atomic E-state index is 5.62. The smallest absolute Gasteiger partial charge is 0.223 e. The van der Waals surface area contributed by atoms with Gasteiger partial charge in [-0.3, -0.25) is 4.90 Å². The van der Waals surface area contributed by atoms with Gasteiger partial charge in [0.1, 0.15) is 5.84 Å². The zero-order valence-electron chi connectivity index (χ0n) is 17.1. The largest absolute Gasteiger partial charge is 0.386 e. The zero-order chi connectivity index (χ0) is 20.5. The first-order chi connectivity index (χ1) is 14.2. The molecule has 0 atom stereocenters. The summed E-state index contributed by atoms with van der Waals surface area (Å²) in [7, 11) is 0. The Bertz CT molecular complexity index is 801. The van der Waals surface area contributed by atoms with Crippen LogP contribution in [0.3, 0.4) is 0 Å². The average molecular weight is 397 g/mol. The summed E-state index contributed by atoms with van der Waals surface area (Å²) in [5.74, 6) is 6.13. The fraction of sp³-hybridized carbons (Fsp3) is 0.476. The van der Waals surface area contributed by atoms with Crippen LogP contribution in [0.25, 0.3) is 11.3 Å². The molecule has 0 unspecified atom stereocenters. The number of rotatable bonds is 9. The average Bonchev–Trinajstić information content (AvgIpc) is 2.78. The number of aromatic nitrogens is 2. The molecule has 0 bridgehead atoms. The second-order valence-electron chi connectivity index (χ2n) is 7.31. The van der Waals surface area contributed by atoms with Crippen LogP contribution in [-0.2, 0) is 6.54 Å². The van der Waals surface area contributed by atoms with E-state index < -0.39 is 0 Å². The molecule has 156 valence electrons. The fourth-order valence-electron chi connectivity index (χ4n) is 3.71. The van der Waals surface area contributed by atoms with Gasteiger partial charge in [0.25, 0.3) is 0 Å². The van der Waals surface area contributed by atoms with Crippen molar-refractivity contribution in [1.82, 2.24) is 20.2 Å². The molecule has 29 heavy (non-hydrogen) atoms. The van der Waals surface area contributed by atoms with Crippen molar-refractivity contribution in [1.29, 1.82) is 0 Å². The standard InChI is InChI=1S/C21H32N8/c1-2-29(18-6-10-24-11-7-18)15-16-4-3-5-17(14-16)19-8-12-25-21(27-19)26-13-9-20(22)28-23/h3-5,8,12,14,18,24H,2,6-7,9-11,13,15,23H2,1H3,(H2,22,28)(H,25,26,27). The van der Waals surface area contributed by atoms with E-state index >= 15 is 0 Å². The highest BCUT2D eigenvalue weighted by molar-refractivity contribution is 5.80. The minimum atomic E-state index is 0.399. The van der Waals surface area contributed by atoms with Gasteiger partial charge in [-0.1, -0.05) is 25.1 Å². The number of hydrogen-bond acceptors (Lipinski definition) is 7. The first-order valence-electron chi connectivity index (χ1n) is 10.3. The first-order valence-corrected chi connectivity index (χ1v) is 10.3. The van der Waals surface area contributed by atoms with Crippen molar-refractivity contribution in [3.63, 3.8) is 0 Å². The van der Waals surface area contributed by atoms with Crippen molar-refractivity contribution in [2.75, 3.05) is 31.5 Å². The second kappa shape index (κ2) is 10.7. The molecule has 0 amide bonds. The highest BCUT2D eigenvalue weighted by atomic mass is 15.2. The molecule has 8 nitrogen and oxygen atoms in total. The number of nitrogens with one attached hydrogen (secondary N) is 2. The Hall–Kier alpha value is -2.71. The lowest BCUT2D eigenvalue weighted by molar-refractivity contribution is 0.162. The van der Waals surface area contributed by atoms with Gasteiger partial charge in [0.15, 0.2) is 0 Å². The lowest BCUT2D eigenvalue weighted by atomic mass is 10.0. The molecule has 0 radical (unpaired) electrons. The van der Waals surface area contributed by atoms with E-state index in [-0.39, 0.29) is 0 Å². The van der Waals surface area contributed by atoms with Crippen LogP contribution in [0.1, 0.15) is 31.7 Å². The third kappa shape index (κ3) is 6.13. The highest BCUT2D eigenvalue weighted by Gasteiger charge is 2.19. The number of anilines is 1. The highest BCUT2D eigenvalue weighted by Crippen LogP contribution is 2.21. The van der Waals surface area contributed by atoms with Gasteiger partial charge in [-0.05, 0) is 50.2 Å². The Morgan fingerprint density at radius 2 is 2.14 bits per heavy atom. The van der Waals surface area contributed by atoms with E-state index in [1.54, 1.807) is 6.20 Å². The number of benzene rings is 1. The number of nitrogens with zero attached hydrogens (tertiary/aromatic N) is 4. The maximum atomic E-state index is 5.62. The fourth-order valence-corrected chi connectivity index (χ4v) is 3.71. The molecule has 1 aliphatic heterocycles. The van der Waals surface area contributed by atoms with E-state index in [1.165, 1.54) is 18.4 Å². The summed E-state index contributed by atoms with van der Waals surface area (Å²) in [6.45, 7) is 7.07. The quantitative estimate of drug-likeness (QED) is 0.221. The summed E-state index contributed by atoms with van der Waals surface area (Å²) in [6, 6.07) is 11.2. The minimum Gasteiger partial charge on any atom is -0.386 e. The van der Waals surface area contributed by atoms with Crippen LogP contribution < -0.4 is 22.2 Å². The van der Waals surface area contributed by atoms with Crippen molar-refractivity contribution in [2.45, 2.75) is 38.8 Å². The van der Waals surface area contributed by atoms with Crippen molar-refractivity contribution < 1.29 is 0 Å². The van der Waals surface area contributed by atoms with Gasteiger partial charge < -0.3 is 22.2 Å². The lowest BCUT2D eigenvalue weighted by Crippen LogP contribution is -2.42. The monoisotopic (exact) mass is 396 g/mol. The van der Waals surface area contributed by atoms with Crippen LogP contribution in [0.15, 0.2) is 41.6 Å². The Morgan fingerprint density at radius 3 is 2.90 bits per heavy atom. The predicted molar refractivity (Wildman–Crippen MR) is 118 cm³/mol. The van der Waals surface area contributed by atoms with Crippen molar-refractivity contribution in [3.8, 4) is 11.3 Å². The summed E-state index contributed by atoms with van der Waals surface area (Å²) < 4.78 is 0. The number of amidine groups is 1. The number of nitrogens with two attached hydrogens (primary N) is 2. The number of hydrazone groups is 1. The molecule has 1 aliphatic rings. The molecule has 1 aromatic heterocycles. The predicted octanol–water partition coefficient (Wildman–Crippen LogP) is 1.75. The lowest BCUT2D eigenvalue weighted by Gasteiger charge is -2.34. The second-order valence-corrected chi connectivity index (χ2v) is 7.31. The number of hydrogen-bond donors (Lipinski definition) is 4. The van der Waals surface area contributed by atoms with Crippen LogP contribution in [-0.4, -0.2) is 52.9 Å². The van der Waals surface area contributed by atoms with Crippen molar-refractivity contribution in [2.24, 2.45) is 16.7 Å². The van der Waals surface area contributed by atoms with E-state index in [9.17, 15) is 0 Å². The van der Waals surface area contributed by atoms with E-state index in [1.807, 2.05) is 6.07 Å². The maximum Gasteiger partial charge on any atom is 0.223 e. The van der Waals surface area contributed by atoms with Gasteiger partial charge in [0, 0.05) is 37.3 Å². The zero-order valence-corrected chi connectivity index (χ0v) is 17.1. The molecule has 6 N–H and O–H groups in total. The Kier molecular flexibility index (Phi) is 7.77. The summed E-state index contributed by atoms with van der Waals surface area (Å²) >= 11 is 0. The van der Waals surface area contributed by atoms with Gasteiger partial charge in [0.05, 0.1) is 5.69 Å². The molecule has 3 rings (SSSR count). The molecular formula is C21H32N8. The van der Waals surface area contributed by atoms with E-state index in [2.05, 4.69) is 61.8 Å². The molecule has 8 heteroatoms. The Morgan fingerprint density at radius 1 is 1.31 bits per heavy atom. The normalized spacial score (nSPS) is 15.6. The summed E-state index contributed by atoms with van der Waals surface area (Å²) in [6.07, 6.45) is 4.75. The summed E-state index contributed by atoms with van der Waals surface area (Å²) in [5, 5.41) is 10.1. The third-order valence-electron chi connectivity index (χ3n) is 5.33. The molecule has 2 heterocycles. The van der Waals surface area contributed by atoms with Gasteiger partial charge in [-0.25, -0.2) is 9.97 Å². The topological polar surface area (TPSA) is 117 Å². The molecule has 1 fully saturated rings. The van der Waals surface area contributed by atoms with Crippen molar-refractivity contribution in [3.05, 3.63) is 42.1 Å². The van der Waals surface area contributed by atoms with Gasteiger partial charge in [0.2, 0.25) is 5.95 Å². The van der Waals surface area contributed by atoms with Crippen LogP contribution in [0.5, 0.6) is 0 Å². The molecule has 1 saturated heterocycles. The first kappa shape index (κ1) is 21.0. The molecular weight excluding hydrogens is 364 g/mol. The van der Waals surface area contributed by atoms with Crippen LogP contribution in [0, 0.1) is 0 Å². The molecule has 0 aliphatic carbocycles. The Labute approximate surface area is 172 Å². The van der Waals surface area contributed by atoms with Crippen LogP contribution in [0.2, 0.25) is 0 Å². The molecule has 0 saturated carbocycles. The third-order valence-corrected chi connectivity index (χ3v) is 5.33. The number of piperidine rings is 1. The van der Waals surface area contributed by atoms with E-state index in [4.69, 9.17) is 11.6 Å². The Balaban J connectivity index is 1.67. The van der Waals surface area contributed by atoms with Crippen LogP contribution >= 0.6 is 0 Å². The molecule has 1 aromatic carbocycles. The van der Waals surface area contributed by atoms with Gasteiger partial charge >= 0.3 is 0 Å². The van der Waals surface area contributed by atoms with Gasteiger partial charge in [-0.2, -0.15) is 5.10 Å². The minimum absolute atomic E-state index is 0.399.